The number of nitrogens with one attached hydrogen (secondary N) is 1. The average Bonchev–Trinajstić information content (AvgIpc) is 3.31. The van der Waals surface area contributed by atoms with Gasteiger partial charge in [0.15, 0.2) is 11.5 Å². The number of carbonyl (C=O) groups is 2. The molecule has 0 fully saturated rings. The van der Waals surface area contributed by atoms with Crippen molar-refractivity contribution in [1.82, 2.24) is 15.2 Å². The van der Waals surface area contributed by atoms with Gasteiger partial charge in [0.05, 0.1) is 22.7 Å². The molecule has 0 aliphatic rings. The van der Waals surface area contributed by atoms with Gasteiger partial charge in [0.2, 0.25) is 0 Å². The highest BCUT2D eigenvalue weighted by molar-refractivity contribution is 6.00. The van der Waals surface area contributed by atoms with E-state index in [9.17, 15) is 29.8 Å². The number of benzene rings is 2. The van der Waals surface area contributed by atoms with Crippen molar-refractivity contribution in [2.24, 2.45) is 5.10 Å². The van der Waals surface area contributed by atoms with E-state index in [4.69, 9.17) is 9.47 Å². The Labute approximate surface area is 197 Å². The smallest absolute Gasteiger partial charge is 0.350 e. The lowest BCUT2D eigenvalue weighted by atomic mass is 10.1. The van der Waals surface area contributed by atoms with Crippen molar-refractivity contribution in [2.75, 3.05) is 7.11 Å². The van der Waals surface area contributed by atoms with Crippen LogP contribution in [0.3, 0.4) is 0 Å². The molecule has 180 valence electrons. The van der Waals surface area contributed by atoms with E-state index in [0.29, 0.717) is 11.3 Å². The molecule has 0 bridgehead atoms. The molecule has 1 N–H and O–H groups in total. The second kappa shape index (κ2) is 10.7. The summed E-state index contributed by atoms with van der Waals surface area (Å²) in [6.45, 7) is 1.32. The van der Waals surface area contributed by atoms with Crippen LogP contribution in [0.1, 0.15) is 22.8 Å². The third kappa shape index (κ3) is 6.01. The van der Waals surface area contributed by atoms with Gasteiger partial charge >= 0.3 is 11.7 Å². The van der Waals surface area contributed by atoms with Crippen LogP contribution in [0.4, 0.5) is 11.4 Å². The summed E-state index contributed by atoms with van der Waals surface area (Å²) in [6.07, 6.45) is 2.14. The van der Waals surface area contributed by atoms with E-state index in [-0.39, 0.29) is 29.3 Å². The molecular weight excluding hydrogens is 464 g/mol. The molecule has 35 heavy (non-hydrogen) atoms. The van der Waals surface area contributed by atoms with Crippen LogP contribution in [0.25, 0.3) is 0 Å². The fourth-order valence-corrected chi connectivity index (χ4v) is 2.86. The van der Waals surface area contributed by atoms with Gasteiger partial charge in [-0.3, -0.25) is 29.7 Å². The molecule has 0 atom stereocenters. The number of nitro benzene ring substituents is 1. The zero-order valence-corrected chi connectivity index (χ0v) is 18.4. The number of hydrogen-bond donors (Lipinski definition) is 1. The van der Waals surface area contributed by atoms with Gasteiger partial charge in [-0.1, -0.05) is 12.1 Å². The monoisotopic (exact) mass is 482 g/mol. The van der Waals surface area contributed by atoms with Crippen LogP contribution in [-0.4, -0.2) is 44.3 Å². The van der Waals surface area contributed by atoms with Crippen molar-refractivity contribution in [3.8, 4) is 11.5 Å². The Kier molecular flexibility index (Phi) is 7.46. The van der Waals surface area contributed by atoms with E-state index in [0.717, 1.165) is 17.1 Å². The van der Waals surface area contributed by atoms with E-state index in [1.807, 2.05) is 0 Å². The number of aromatic nitrogens is 2. The summed E-state index contributed by atoms with van der Waals surface area (Å²) in [4.78, 5) is 45.1. The summed E-state index contributed by atoms with van der Waals surface area (Å²) >= 11 is 0. The van der Waals surface area contributed by atoms with Gasteiger partial charge in [-0.2, -0.15) is 10.2 Å². The van der Waals surface area contributed by atoms with Crippen LogP contribution in [0.15, 0.2) is 60.0 Å². The Hall–Kier alpha value is -5.14. The Morgan fingerprint density at radius 2 is 1.86 bits per heavy atom. The minimum absolute atomic E-state index is 0.0245. The lowest BCUT2D eigenvalue weighted by Gasteiger charge is -2.11. The van der Waals surface area contributed by atoms with Crippen molar-refractivity contribution in [3.63, 3.8) is 0 Å². The first-order chi connectivity index (χ1) is 16.7. The molecular formula is C21H18N6O8. The van der Waals surface area contributed by atoms with E-state index in [1.165, 1.54) is 43.5 Å². The quantitative estimate of drug-likeness (QED) is 0.157. The topological polar surface area (TPSA) is 181 Å². The number of hydrogen-bond acceptors (Lipinski definition) is 10. The fourth-order valence-electron chi connectivity index (χ4n) is 2.86. The molecule has 14 heteroatoms. The summed E-state index contributed by atoms with van der Waals surface area (Å²) in [6, 6.07) is 9.86. The summed E-state index contributed by atoms with van der Waals surface area (Å²) in [5, 5.41) is 29.6. The van der Waals surface area contributed by atoms with Crippen LogP contribution >= 0.6 is 0 Å². The van der Waals surface area contributed by atoms with Crippen LogP contribution < -0.4 is 14.9 Å². The maximum Gasteiger partial charge on any atom is 0.350 e. The minimum atomic E-state index is -0.931. The molecule has 0 saturated heterocycles. The zero-order valence-electron chi connectivity index (χ0n) is 18.4. The van der Waals surface area contributed by atoms with E-state index < -0.39 is 27.4 Å². The predicted octanol–water partition coefficient (Wildman–Crippen LogP) is 2.47. The van der Waals surface area contributed by atoms with Gasteiger partial charge in [-0.05, 0) is 31.2 Å². The van der Waals surface area contributed by atoms with E-state index >= 15 is 0 Å². The number of rotatable bonds is 9. The van der Waals surface area contributed by atoms with Gasteiger partial charge in [0, 0.05) is 11.6 Å². The highest BCUT2D eigenvalue weighted by Crippen LogP contribution is 2.30. The molecule has 0 aliphatic heterocycles. The molecule has 0 aliphatic carbocycles. The van der Waals surface area contributed by atoms with Crippen LogP contribution in [0, 0.1) is 20.2 Å². The van der Waals surface area contributed by atoms with Gasteiger partial charge in [-0.15, -0.1) is 0 Å². The number of nitro groups is 2. The van der Waals surface area contributed by atoms with Gasteiger partial charge in [0.1, 0.15) is 24.5 Å². The first kappa shape index (κ1) is 24.5. The molecule has 2 aromatic carbocycles. The molecule has 0 saturated carbocycles. The number of carbonyl (C=O) groups excluding carboxylic acids is 2. The standard InChI is InChI=1S/C21H18N6O8/c1-13(23-24-20(28)12-25-11-15(10-22-25)26(30)31)14-7-8-18(19(9-14)34-2)35-21(29)16-5-3-4-6-17(16)27(32)33/h3-11H,12H2,1-2H3,(H,24,28). The number of hydrazone groups is 1. The second-order valence-electron chi connectivity index (χ2n) is 6.91. The van der Waals surface area contributed by atoms with Crippen LogP contribution in [-0.2, 0) is 11.3 Å². The molecule has 0 spiro atoms. The third-order valence-corrected chi connectivity index (χ3v) is 4.59. The Morgan fingerprint density at radius 3 is 2.51 bits per heavy atom. The first-order valence-corrected chi connectivity index (χ1v) is 9.83. The van der Waals surface area contributed by atoms with Crippen molar-refractivity contribution in [2.45, 2.75) is 13.5 Å². The van der Waals surface area contributed by atoms with Crippen molar-refractivity contribution in [1.29, 1.82) is 0 Å². The molecule has 1 amide bonds. The molecule has 1 aromatic heterocycles. The highest BCUT2D eigenvalue weighted by Gasteiger charge is 2.22. The Balaban J connectivity index is 1.70. The van der Waals surface area contributed by atoms with E-state index in [2.05, 4.69) is 15.6 Å². The number of ether oxygens (including phenoxy) is 2. The molecule has 14 nitrogen and oxygen atoms in total. The van der Waals surface area contributed by atoms with Gasteiger partial charge < -0.3 is 9.47 Å². The maximum absolute atomic E-state index is 12.5. The van der Waals surface area contributed by atoms with Crippen molar-refractivity contribution < 1.29 is 28.9 Å². The number of nitrogens with zero attached hydrogens (tertiary/aromatic N) is 5. The summed E-state index contributed by atoms with van der Waals surface area (Å²) < 4.78 is 11.7. The molecule has 0 radical (unpaired) electrons. The van der Waals surface area contributed by atoms with Crippen molar-refractivity contribution in [3.05, 3.63) is 86.2 Å². The zero-order chi connectivity index (χ0) is 25.5. The van der Waals surface area contributed by atoms with E-state index in [1.54, 1.807) is 13.0 Å². The number of para-hydroxylation sites is 1. The minimum Gasteiger partial charge on any atom is -0.493 e. The summed E-state index contributed by atoms with van der Waals surface area (Å²) in [5.74, 6) is -1.32. The Morgan fingerprint density at radius 1 is 1.11 bits per heavy atom. The molecule has 0 unspecified atom stereocenters. The van der Waals surface area contributed by atoms with Crippen molar-refractivity contribution >= 4 is 29.0 Å². The van der Waals surface area contributed by atoms with Gasteiger partial charge in [-0.25, -0.2) is 10.2 Å². The number of esters is 1. The van der Waals surface area contributed by atoms with Crippen LogP contribution in [0.5, 0.6) is 11.5 Å². The molecule has 1 heterocycles. The Bertz CT molecular complexity index is 1330. The maximum atomic E-state index is 12.5. The SMILES string of the molecule is COc1cc(C(C)=NNC(=O)Cn2cc([N+](=O)[O-])cn2)ccc1OC(=O)c1ccccc1[N+](=O)[O-]. The normalized spacial score (nSPS) is 11.0. The second-order valence-corrected chi connectivity index (χ2v) is 6.91. The molecule has 3 aromatic rings. The number of methoxy groups -OCH3 is 1. The fraction of sp³-hybridized carbons (Fsp3) is 0.143. The average molecular weight is 482 g/mol. The summed E-state index contributed by atoms with van der Waals surface area (Å²) in [5.41, 5.74) is 2.36. The lowest BCUT2D eigenvalue weighted by molar-refractivity contribution is -0.385. The van der Waals surface area contributed by atoms with Gasteiger partial charge in [0.25, 0.3) is 11.6 Å². The largest absolute Gasteiger partial charge is 0.493 e. The predicted molar refractivity (Wildman–Crippen MR) is 120 cm³/mol. The first-order valence-electron chi connectivity index (χ1n) is 9.83. The molecule has 3 rings (SSSR count). The lowest BCUT2D eigenvalue weighted by Crippen LogP contribution is -2.24. The van der Waals surface area contributed by atoms with Crippen LogP contribution in [0.2, 0.25) is 0 Å². The summed E-state index contributed by atoms with van der Waals surface area (Å²) in [7, 11) is 1.35. The number of amides is 1. The third-order valence-electron chi connectivity index (χ3n) is 4.59. The highest BCUT2D eigenvalue weighted by atomic mass is 16.6.